The molecule has 0 aliphatic rings. The average molecular weight is 415 g/mol. The Balaban J connectivity index is 1.34. The van der Waals surface area contributed by atoms with Gasteiger partial charge in [0.15, 0.2) is 0 Å². The molecule has 4 aromatic carbocycles. The van der Waals surface area contributed by atoms with Gasteiger partial charge in [0.2, 0.25) is 5.95 Å². The van der Waals surface area contributed by atoms with E-state index in [1.165, 1.54) is 11.1 Å². The summed E-state index contributed by atoms with van der Waals surface area (Å²) >= 11 is 0. The highest BCUT2D eigenvalue weighted by Gasteiger charge is 2.04. The molecule has 1 aromatic heterocycles. The number of nitrogens with one attached hydrogen (secondary N) is 2. The molecule has 32 heavy (non-hydrogen) atoms. The molecule has 0 aliphatic heterocycles. The highest BCUT2D eigenvalue weighted by Crippen LogP contribution is 2.26. The highest BCUT2D eigenvalue weighted by atomic mass is 15.1. The monoisotopic (exact) mass is 414 g/mol. The molecular formula is C28H22N4. The SMILES string of the molecule is c1ccc(-c2cccc(Nc3ccnc(Nc4cccc(-c5ccccc5)c4)n3)c2)cc1. The van der Waals surface area contributed by atoms with Crippen LogP contribution in [0.5, 0.6) is 0 Å². The van der Waals surface area contributed by atoms with Gasteiger partial charge in [-0.1, -0.05) is 84.9 Å². The molecule has 2 N–H and O–H groups in total. The fraction of sp³-hybridized carbons (Fsp3) is 0. The minimum atomic E-state index is 0.541. The molecule has 0 saturated heterocycles. The largest absolute Gasteiger partial charge is 0.340 e. The lowest BCUT2D eigenvalue weighted by molar-refractivity contribution is 1.17. The van der Waals surface area contributed by atoms with Crippen LogP contribution in [0.4, 0.5) is 23.1 Å². The van der Waals surface area contributed by atoms with E-state index in [1.807, 2.05) is 66.7 Å². The lowest BCUT2D eigenvalue weighted by atomic mass is 10.1. The first-order valence-corrected chi connectivity index (χ1v) is 10.5. The molecule has 0 amide bonds. The van der Waals surface area contributed by atoms with E-state index in [4.69, 9.17) is 0 Å². The number of rotatable bonds is 6. The van der Waals surface area contributed by atoms with Crippen molar-refractivity contribution in [3.8, 4) is 22.3 Å². The summed E-state index contributed by atoms with van der Waals surface area (Å²) in [5.74, 6) is 1.27. The van der Waals surface area contributed by atoms with Gasteiger partial charge in [0.05, 0.1) is 0 Å². The first kappa shape index (κ1) is 19.5. The van der Waals surface area contributed by atoms with E-state index in [9.17, 15) is 0 Å². The van der Waals surface area contributed by atoms with Crippen LogP contribution < -0.4 is 10.6 Å². The maximum absolute atomic E-state index is 4.63. The van der Waals surface area contributed by atoms with Crippen LogP contribution in [0.1, 0.15) is 0 Å². The Morgan fingerprint density at radius 2 is 1.00 bits per heavy atom. The third-order valence-corrected chi connectivity index (χ3v) is 5.12. The lowest BCUT2D eigenvalue weighted by Crippen LogP contribution is -2.00. The smallest absolute Gasteiger partial charge is 0.229 e. The van der Waals surface area contributed by atoms with Crippen LogP contribution in [0.25, 0.3) is 22.3 Å². The third-order valence-electron chi connectivity index (χ3n) is 5.12. The van der Waals surface area contributed by atoms with Crippen molar-refractivity contribution in [3.05, 3.63) is 121 Å². The Hall–Kier alpha value is -4.44. The summed E-state index contributed by atoms with van der Waals surface area (Å²) in [5.41, 5.74) is 6.56. The van der Waals surface area contributed by atoms with Crippen LogP contribution in [0.3, 0.4) is 0 Å². The van der Waals surface area contributed by atoms with Gasteiger partial charge in [-0.15, -0.1) is 0 Å². The van der Waals surface area contributed by atoms with E-state index >= 15 is 0 Å². The van der Waals surface area contributed by atoms with Gasteiger partial charge in [-0.2, -0.15) is 4.98 Å². The Morgan fingerprint density at radius 3 is 1.59 bits per heavy atom. The number of hydrogen-bond donors (Lipinski definition) is 2. The van der Waals surface area contributed by atoms with E-state index in [-0.39, 0.29) is 0 Å². The second-order valence-electron chi connectivity index (χ2n) is 7.41. The minimum absolute atomic E-state index is 0.541. The van der Waals surface area contributed by atoms with Crippen LogP contribution in [0.15, 0.2) is 121 Å². The lowest BCUT2D eigenvalue weighted by Gasteiger charge is -2.11. The summed E-state index contributed by atoms with van der Waals surface area (Å²) in [7, 11) is 0. The van der Waals surface area contributed by atoms with E-state index < -0.39 is 0 Å². The number of anilines is 4. The predicted octanol–water partition coefficient (Wildman–Crippen LogP) is 7.30. The average Bonchev–Trinajstić information content (AvgIpc) is 2.86. The van der Waals surface area contributed by atoms with Crippen LogP contribution in [-0.4, -0.2) is 9.97 Å². The molecule has 0 saturated carbocycles. The van der Waals surface area contributed by atoms with Crippen molar-refractivity contribution >= 4 is 23.1 Å². The molecule has 0 aliphatic carbocycles. The van der Waals surface area contributed by atoms with Gasteiger partial charge in [0.25, 0.3) is 0 Å². The van der Waals surface area contributed by atoms with Crippen molar-refractivity contribution in [1.82, 2.24) is 9.97 Å². The van der Waals surface area contributed by atoms with Crippen molar-refractivity contribution in [2.75, 3.05) is 10.6 Å². The molecule has 0 radical (unpaired) electrons. The van der Waals surface area contributed by atoms with Gasteiger partial charge in [-0.3, -0.25) is 0 Å². The second-order valence-corrected chi connectivity index (χ2v) is 7.41. The van der Waals surface area contributed by atoms with Crippen LogP contribution >= 0.6 is 0 Å². The molecule has 0 bridgehead atoms. The van der Waals surface area contributed by atoms with Crippen LogP contribution in [-0.2, 0) is 0 Å². The zero-order valence-corrected chi connectivity index (χ0v) is 17.4. The fourth-order valence-corrected chi connectivity index (χ4v) is 3.58. The van der Waals surface area contributed by atoms with E-state index in [0.29, 0.717) is 5.95 Å². The summed E-state index contributed by atoms with van der Waals surface area (Å²) < 4.78 is 0. The minimum Gasteiger partial charge on any atom is -0.340 e. The maximum Gasteiger partial charge on any atom is 0.229 e. The quantitative estimate of drug-likeness (QED) is 0.306. The molecule has 0 unspecified atom stereocenters. The first-order valence-electron chi connectivity index (χ1n) is 10.5. The maximum atomic E-state index is 4.63. The molecule has 1 heterocycles. The number of nitrogens with zero attached hydrogens (tertiary/aromatic N) is 2. The van der Waals surface area contributed by atoms with Crippen LogP contribution in [0, 0.1) is 0 Å². The number of aromatic nitrogens is 2. The normalized spacial score (nSPS) is 10.5. The Bertz CT molecular complexity index is 1220. The summed E-state index contributed by atoms with van der Waals surface area (Å²) in [6.07, 6.45) is 1.75. The molecule has 4 nitrogen and oxygen atoms in total. The van der Waals surface area contributed by atoms with Crippen LogP contribution in [0.2, 0.25) is 0 Å². The summed E-state index contributed by atoms with van der Waals surface area (Å²) in [5, 5.41) is 6.70. The Kier molecular flexibility index (Phi) is 5.58. The molecule has 0 spiro atoms. The Labute approximate surface area is 187 Å². The first-order chi connectivity index (χ1) is 15.8. The molecule has 0 atom stereocenters. The van der Waals surface area contributed by atoms with Gasteiger partial charge in [0, 0.05) is 17.6 Å². The topological polar surface area (TPSA) is 49.8 Å². The number of benzene rings is 4. The molecule has 5 rings (SSSR count). The van der Waals surface area contributed by atoms with Gasteiger partial charge in [-0.05, 0) is 52.6 Å². The fourth-order valence-electron chi connectivity index (χ4n) is 3.58. The molecular weight excluding hydrogens is 392 g/mol. The summed E-state index contributed by atoms with van der Waals surface area (Å²) in [6.45, 7) is 0. The van der Waals surface area contributed by atoms with Crippen molar-refractivity contribution in [1.29, 1.82) is 0 Å². The standard InChI is InChI=1S/C28H22N4/c1-3-9-21(10-4-1)23-13-7-15-25(19-23)30-27-17-18-29-28(32-27)31-26-16-8-14-24(20-26)22-11-5-2-6-12-22/h1-20H,(H2,29,30,31,32). The Morgan fingerprint density at radius 1 is 0.469 bits per heavy atom. The number of hydrogen-bond acceptors (Lipinski definition) is 4. The van der Waals surface area contributed by atoms with Gasteiger partial charge in [-0.25, -0.2) is 4.98 Å². The van der Waals surface area contributed by atoms with Crippen molar-refractivity contribution in [2.45, 2.75) is 0 Å². The molecule has 5 aromatic rings. The van der Waals surface area contributed by atoms with Crippen molar-refractivity contribution in [2.24, 2.45) is 0 Å². The molecule has 154 valence electrons. The van der Waals surface area contributed by atoms with E-state index in [0.717, 1.165) is 28.3 Å². The second kappa shape index (κ2) is 9.14. The van der Waals surface area contributed by atoms with Crippen molar-refractivity contribution < 1.29 is 0 Å². The summed E-state index contributed by atoms with van der Waals surface area (Å²) in [6, 6.07) is 39.0. The molecule has 4 heteroatoms. The zero-order chi connectivity index (χ0) is 21.6. The van der Waals surface area contributed by atoms with E-state index in [2.05, 4.69) is 69.1 Å². The van der Waals surface area contributed by atoms with E-state index in [1.54, 1.807) is 6.20 Å². The van der Waals surface area contributed by atoms with Crippen molar-refractivity contribution in [3.63, 3.8) is 0 Å². The van der Waals surface area contributed by atoms with Gasteiger partial charge < -0.3 is 10.6 Å². The zero-order valence-electron chi connectivity index (χ0n) is 17.4. The third kappa shape index (κ3) is 4.65. The van der Waals surface area contributed by atoms with Gasteiger partial charge >= 0.3 is 0 Å². The summed E-state index contributed by atoms with van der Waals surface area (Å²) in [4.78, 5) is 9.02. The van der Waals surface area contributed by atoms with Gasteiger partial charge in [0.1, 0.15) is 5.82 Å². The highest BCUT2D eigenvalue weighted by molar-refractivity contribution is 5.71. The molecule has 0 fully saturated rings. The predicted molar refractivity (Wildman–Crippen MR) is 132 cm³/mol.